The van der Waals surface area contributed by atoms with E-state index in [0.717, 1.165) is 28.8 Å². The van der Waals surface area contributed by atoms with Gasteiger partial charge in [-0.2, -0.15) is 15.0 Å². The number of nitrogens with zero attached hydrogens (tertiary/aromatic N) is 6. The van der Waals surface area contributed by atoms with E-state index in [9.17, 15) is 0 Å². The molecule has 30 heavy (non-hydrogen) atoms. The van der Waals surface area contributed by atoms with Crippen molar-refractivity contribution in [1.29, 1.82) is 0 Å². The van der Waals surface area contributed by atoms with Gasteiger partial charge in [-0.3, -0.25) is 0 Å². The minimum absolute atomic E-state index is 0.178. The Labute approximate surface area is 179 Å². The first-order valence-corrected chi connectivity index (χ1v) is 10.6. The van der Waals surface area contributed by atoms with Crippen LogP contribution in [0.1, 0.15) is 18.3 Å². The first-order chi connectivity index (χ1) is 14.6. The molecule has 0 bridgehead atoms. The number of benzene rings is 2. The van der Waals surface area contributed by atoms with E-state index < -0.39 is 0 Å². The number of thioether (sulfide) groups is 1. The molecule has 3 N–H and O–H groups in total. The normalized spacial score (nSPS) is 10.9. The molecule has 8 nitrogen and oxygen atoms in total. The van der Waals surface area contributed by atoms with Gasteiger partial charge in [-0.15, -0.1) is 10.2 Å². The zero-order chi connectivity index (χ0) is 20.9. The van der Waals surface area contributed by atoms with Crippen LogP contribution in [0.4, 0.5) is 17.6 Å². The van der Waals surface area contributed by atoms with Gasteiger partial charge in [-0.1, -0.05) is 59.8 Å². The van der Waals surface area contributed by atoms with Crippen LogP contribution < -0.4 is 11.1 Å². The van der Waals surface area contributed by atoms with Crippen LogP contribution >= 0.6 is 11.8 Å². The summed E-state index contributed by atoms with van der Waals surface area (Å²) in [5.74, 6) is 2.52. The maximum absolute atomic E-state index is 5.90. The van der Waals surface area contributed by atoms with Crippen molar-refractivity contribution in [2.24, 2.45) is 0 Å². The Hall–Kier alpha value is -3.46. The zero-order valence-corrected chi connectivity index (χ0v) is 17.6. The van der Waals surface area contributed by atoms with Crippen molar-refractivity contribution in [1.82, 2.24) is 29.7 Å². The highest BCUT2D eigenvalue weighted by Crippen LogP contribution is 2.26. The second-order valence-electron chi connectivity index (χ2n) is 6.63. The summed E-state index contributed by atoms with van der Waals surface area (Å²) in [7, 11) is 0. The number of hydrogen-bond acceptors (Lipinski definition) is 8. The Morgan fingerprint density at radius 3 is 2.47 bits per heavy atom. The van der Waals surface area contributed by atoms with Crippen LogP contribution in [0.5, 0.6) is 0 Å². The van der Waals surface area contributed by atoms with Gasteiger partial charge in [0.15, 0.2) is 11.0 Å². The molecule has 2 heterocycles. The van der Waals surface area contributed by atoms with Crippen LogP contribution in [-0.4, -0.2) is 29.7 Å². The molecule has 2 aromatic carbocycles. The third-order valence-electron chi connectivity index (χ3n) is 4.40. The number of nitrogens with two attached hydrogens (primary N) is 1. The lowest BCUT2D eigenvalue weighted by molar-refractivity contribution is 0.687. The molecular formula is C21H22N8S. The molecule has 2 aromatic heterocycles. The first kappa shape index (κ1) is 19.8. The molecule has 0 saturated carbocycles. The maximum Gasteiger partial charge on any atom is 0.232 e. The van der Waals surface area contributed by atoms with Crippen LogP contribution in [-0.2, 0) is 12.3 Å². The standard InChI is InChI=1S/C21H22N8S/c1-3-29-18(15-7-5-4-6-8-15)27-28-21(29)30-13-17-24-19(22)26-20(25-17)23-16-11-9-14(2)10-12-16/h4-12H,3,13H2,1-2H3,(H3,22,23,24,25,26). The van der Waals surface area contributed by atoms with E-state index in [0.29, 0.717) is 17.5 Å². The van der Waals surface area contributed by atoms with Crippen LogP contribution in [0.2, 0.25) is 0 Å². The molecule has 4 aromatic rings. The molecule has 4 rings (SSSR count). The first-order valence-electron chi connectivity index (χ1n) is 9.58. The largest absolute Gasteiger partial charge is 0.368 e. The number of anilines is 3. The molecule has 0 spiro atoms. The van der Waals surface area contributed by atoms with Gasteiger partial charge in [0.2, 0.25) is 11.9 Å². The molecule has 152 valence electrons. The summed E-state index contributed by atoms with van der Waals surface area (Å²) in [6.07, 6.45) is 0. The van der Waals surface area contributed by atoms with E-state index >= 15 is 0 Å². The highest BCUT2D eigenvalue weighted by molar-refractivity contribution is 7.98. The van der Waals surface area contributed by atoms with Crippen molar-refractivity contribution in [3.63, 3.8) is 0 Å². The number of aryl methyl sites for hydroxylation is 1. The highest BCUT2D eigenvalue weighted by Gasteiger charge is 2.14. The fourth-order valence-electron chi connectivity index (χ4n) is 2.93. The number of aromatic nitrogens is 6. The topological polar surface area (TPSA) is 107 Å². The second kappa shape index (κ2) is 8.91. The molecule has 0 saturated heterocycles. The van der Waals surface area contributed by atoms with Crippen molar-refractivity contribution >= 4 is 29.3 Å². The summed E-state index contributed by atoms with van der Waals surface area (Å²) in [5, 5.41) is 12.7. The molecule has 0 aliphatic heterocycles. The number of rotatable bonds is 7. The maximum atomic E-state index is 5.90. The molecule has 0 aliphatic rings. The lowest BCUT2D eigenvalue weighted by Gasteiger charge is -2.09. The molecule has 9 heteroatoms. The minimum atomic E-state index is 0.178. The molecular weight excluding hydrogens is 396 g/mol. The SMILES string of the molecule is CCn1c(SCc2nc(N)nc(Nc3ccc(C)cc3)n2)nnc1-c1ccccc1. The summed E-state index contributed by atoms with van der Waals surface area (Å²) in [6.45, 7) is 4.88. The van der Waals surface area contributed by atoms with Crippen LogP contribution in [0, 0.1) is 6.92 Å². The number of nitrogens with one attached hydrogen (secondary N) is 1. The summed E-state index contributed by atoms with van der Waals surface area (Å²) in [6, 6.07) is 18.0. The van der Waals surface area contributed by atoms with Gasteiger partial charge >= 0.3 is 0 Å². The lowest BCUT2D eigenvalue weighted by atomic mass is 10.2. The van der Waals surface area contributed by atoms with E-state index in [4.69, 9.17) is 5.73 Å². The third-order valence-corrected chi connectivity index (χ3v) is 5.36. The van der Waals surface area contributed by atoms with E-state index in [2.05, 4.69) is 42.0 Å². The van der Waals surface area contributed by atoms with Crippen LogP contribution in [0.15, 0.2) is 59.8 Å². The lowest BCUT2D eigenvalue weighted by Crippen LogP contribution is -2.07. The summed E-state index contributed by atoms with van der Waals surface area (Å²) >= 11 is 1.52. The fourth-order valence-corrected chi connectivity index (χ4v) is 3.79. The van der Waals surface area contributed by atoms with E-state index in [1.807, 2.05) is 61.5 Å². The Morgan fingerprint density at radius 1 is 0.967 bits per heavy atom. The Kier molecular flexibility index (Phi) is 5.89. The Bertz CT molecular complexity index is 1130. The van der Waals surface area contributed by atoms with Crippen molar-refractivity contribution in [3.05, 3.63) is 66.0 Å². The molecule has 0 aliphatic carbocycles. The van der Waals surface area contributed by atoms with Crippen molar-refractivity contribution in [2.45, 2.75) is 31.3 Å². The summed E-state index contributed by atoms with van der Waals surface area (Å²) in [5.41, 5.74) is 9.01. The van der Waals surface area contributed by atoms with Crippen LogP contribution in [0.25, 0.3) is 11.4 Å². The smallest absolute Gasteiger partial charge is 0.232 e. The average Bonchev–Trinajstić information content (AvgIpc) is 3.17. The molecule has 0 amide bonds. The monoisotopic (exact) mass is 418 g/mol. The van der Waals surface area contributed by atoms with Gasteiger partial charge in [0.25, 0.3) is 0 Å². The quantitative estimate of drug-likeness (QED) is 0.432. The minimum Gasteiger partial charge on any atom is -0.368 e. The van der Waals surface area contributed by atoms with Crippen LogP contribution in [0.3, 0.4) is 0 Å². The predicted molar refractivity (Wildman–Crippen MR) is 119 cm³/mol. The van der Waals surface area contributed by atoms with Gasteiger partial charge in [0.1, 0.15) is 5.82 Å². The van der Waals surface area contributed by atoms with Gasteiger partial charge in [-0.25, -0.2) is 0 Å². The average molecular weight is 419 g/mol. The van der Waals surface area contributed by atoms with Gasteiger partial charge in [0, 0.05) is 17.8 Å². The molecule has 0 radical (unpaired) electrons. The fraction of sp³-hybridized carbons (Fsp3) is 0.190. The number of hydrogen-bond donors (Lipinski definition) is 2. The zero-order valence-electron chi connectivity index (χ0n) is 16.8. The van der Waals surface area contributed by atoms with E-state index in [1.54, 1.807) is 0 Å². The number of nitrogen functional groups attached to an aromatic ring is 1. The van der Waals surface area contributed by atoms with E-state index in [1.165, 1.54) is 17.3 Å². The third kappa shape index (κ3) is 4.57. The van der Waals surface area contributed by atoms with Crippen molar-refractivity contribution in [3.8, 4) is 11.4 Å². The summed E-state index contributed by atoms with van der Waals surface area (Å²) < 4.78 is 2.08. The van der Waals surface area contributed by atoms with Gasteiger partial charge in [0.05, 0.1) is 5.75 Å². The second-order valence-corrected chi connectivity index (χ2v) is 7.57. The Balaban J connectivity index is 1.51. The van der Waals surface area contributed by atoms with E-state index in [-0.39, 0.29) is 5.95 Å². The van der Waals surface area contributed by atoms with Crippen molar-refractivity contribution in [2.75, 3.05) is 11.1 Å². The Morgan fingerprint density at radius 2 is 1.73 bits per heavy atom. The highest BCUT2D eigenvalue weighted by atomic mass is 32.2. The predicted octanol–water partition coefficient (Wildman–Crippen LogP) is 4.08. The molecule has 0 atom stereocenters. The van der Waals surface area contributed by atoms with Gasteiger partial charge in [-0.05, 0) is 26.0 Å². The molecule has 0 fully saturated rings. The van der Waals surface area contributed by atoms with Gasteiger partial charge < -0.3 is 15.6 Å². The van der Waals surface area contributed by atoms with Crippen molar-refractivity contribution < 1.29 is 0 Å². The summed E-state index contributed by atoms with van der Waals surface area (Å²) in [4.78, 5) is 12.9. The molecule has 0 unspecified atom stereocenters.